The summed E-state index contributed by atoms with van der Waals surface area (Å²) < 4.78 is 7.52. The number of carbonyl (C=O) groups excluding carboxylic acids is 1. The predicted molar refractivity (Wildman–Crippen MR) is 117 cm³/mol. The maximum Gasteiger partial charge on any atom is 0.250 e. The van der Waals surface area contributed by atoms with E-state index in [0.717, 1.165) is 22.6 Å². The van der Waals surface area contributed by atoms with Crippen molar-refractivity contribution in [3.05, 3.63) is 77.2 Å². The van der Waals surface area contributed by atoms with Crippen LogP contribution in [-0.4, -0.2) is 31.9 Å². The number of nitrogens with zero attached hydrogens (tertiary/aromatic N) is 4. The highest BCUT2D eigenvalue weighted by Gasteiger charge is 2.25. The van der Waals surface area contributed by atoms with Gasteiger partial charge in [0.2, 0.25) is 0 Å². The lowest BCUT2D eigenvalue weighted by molar-refractivity contribution is 0.0920. The largest absolute Gasteiger partial charge is 0.375 e. The van der Waals surface area contributed by atoms with Crippen molar-refractivity contribution in [1.82, 2.24) is 19.4 Å². The number of rotatable bonds is 5. The quantitative estimate of drug-likeness (QED) is 0.520. The van der Waals surface area contributed by atoms with E-state index >= 15 is 0 Å². The molecule has 31 heavy (non-hydrogen) atoms. The molecule has 156 valence electrons. The monoisotopic (exact) mass is 414 g/mol. The number of aromatic nitrogens is 4. The molecule has 0 bridgehead atoms. The van der Waals surface area contributed by atoms with Gasteiger partial charge < -0.3 is 15.8 Å². The number of primary amides is 1. The van der Waals surface area contributed by atoms with Crippen LogP contribution in [-0.2, 0) is 17.9 Å². The summed E-state index contributed by atoms with van der Waals surface area (Å²) >= 11 is 0. The summed E-state index contributed by atoms with van der Waals surface area (Å²) in [5.41, 5.74) is 9.62. The summed E-state index contributed by atoms with van der Waals surface area (Å²) in [4.78, 5) is 25.9. The van der Waals surface area contributed by atoms with Gasteiger partial charge in [-0.15, -0.1) is 0 Å². The second-order valence-corrected chi connectivity index (χ2v) is 7.63. The fourth-order valence-electron chi connectivity index (χ4n) is 3.97. The first-order valence-electron chi connectivity index (χ1n) is 10.1. The molecule has 1 aromatic carbocycles. The molecule has 4 heterocycles. The third-order valence-electron chi connectivity index (χ3n) is 5.46. The fourth-order valence-corrected chi connectivity index (χ4v) is 3.97. The fraction of sp³-hybridized carbons (Fsp3) is 0.217. The third-order valence-corrected chi connectivity index (χ3v) is 5.46. The molecule has 5 rings (SSSR count). The maximum absolute atomic E-state index is 11.8. The molecule has 0 saturated carbocycles. The molecule has 3 aromatic heterocycles. The maximum atomic E-state index is 11.8. The minimum Gasteiger partial charge on any atom is -0.375 e. The average Bonchev–Trinajstić information content (AvgIpc) is 3.22. The van der Waals surface area contributed by atoms with Crippen LogP contribution in [0, 0.1) is 0 Å². The SMILES string of the molecule is CC1COCc2nc(-c3ncc4c(C(N)=O)cccn34)nc(NCc3ccccc3)c21. The number of fused-ring (bicyclic) bond motifs is 2. The zero-order chi connectivity index (χ0) is 21.4. The molecule has 1 unspecified atom stereocenters. The van der Waals surface area contributed by atoms with Crippen LogP contribution in [0.1, 0.15) is 40.0 Å². The van der Waals surface area contributed by atoms with E-state index in [0.29, 0.717) is 42.5 Å². The number of nitrogens with one attached hydrogen (secondary N) is 1. The number of anilines is 1. The van der Waals surface area contributed by atoms with E-state index in [1.807, 2.05) is 24.4 Å². The van der Waals surface area contributed by atoms with Gasteiger partial charge in [-0.2, -0.15) is 0 Å². The molecule has 8 nitrogen and oxygen atoms in total. The van der Waals surface area contributed by atoms with Crippen molar-refractivity contribution in [2.24, 2.45) is 5.73 Å². The topological polar surface area (TPSA) is 107 Å². The number of hydrogen-bond donors (Lipinski definition) is 2. The van der Waals surface area contributed by atoms with Crippen molar-refractivity contribution >= 4 is 17.2 Å². The number of ether oxygens (including phenoxy) is 1. The van der Waals surface area contributed by atoms with E-state index in [4.69, 9.17) is 20.4 Å². The van der Waals surface area contributed by atoms with Gasteiger partial charge in [0, 0.05) is 24.2 Å². The van der Waals surface area contributed by atoms with Crippen molar-refractivity contribution in [2.45, 2.75) is 26.0 Å². The van der Waals surface area contributed by atoms with Crippen LogP contribution in [0.25, 0.3) is 17.2 Å². The van der Waals surface area contributed by atoms with Gasteiger partial charge in [-0.3, -0.25) is 9.20 Å². The molecular weight excluding hydrogens is 392 g/mol. The third kappa shape index (κ3) is 3.51. The number of benzene rings is 1. The summed E-state index contributed by atoms with van der Waals surface area (Å²) in [6.07, 6.45) is 3.44. The first kappa shape index (κ1) is 19.2. The Hall–Kier alpha value is -3.78. The minimum atomic E-state index is -0.504. The average molecular weight is 414 g/mol. The normalized spacial score (nSPS) is 15.6. The number of nitrogens with two attached hydrogens (primary N) is 1. The number of amides is 1. The van der Waals surface area contributed by atoms with Gasteiger partial charge in [-0.25, -0.2) is 15.0 Å². The van der Waals surface area contributed by atoms with E-state index in [2.05, 4.69) is 29.4 Å². The van der Waals surface area contributed by atoms with Gasteiger partial charge >= 0.3 is 0 Å². The minimum absolute atomic E-state index is 0.176. The van der Waals surface area contributed by atoms with Gasteiger partial charge in [-0.1, -0.05) is 37.3 Å². The van der Waals surface area contributed by atoms with Gasteiger partial charge in [-0.05, 0) is 17.7 Å². The van der Waals surface area contributed by atoms with Crippen LogP contribution in [0.5, 0.6) is 0 Å². The Kier molecular flexibility index (Phi) is 4.83. The Morgan fingerprint density at radius 3 is 2.87 bits per heavy atom. The van der Waals surface area contributed by atoms with Gasteiger partial charge in [0.15, 0.2) is 11.6 Å². The van der Waals surface area contributed by atoms with Gasteiger partial charge in [0.25, 0.3) is 5.91 Å². The second-order valence-electron chi connectivity index (χ2n) is 7.63. The van der Waals surface area contributed by atoms with Gasteiger partial charge in [0.05, 0.1) is 36.2 Å². The summed E-state index contributed by atoms with van der Waals surface area (Å²) in [6.45, 7) is 3.80. The molecule has 0 radical (unpaired) electrons. The Morgan fingerprint density at radius 2 is 2.06 bits per heavy atom. The van der Waals surface area contributed by atoms with Crippen LogP contribution in [0.3, 0.4) is 0 Å². The molecule has 0 fully saturated rings. The highest BCUT2D eigenvalue weighted by molar-refractivity contribution is 5.99. The molecule has 3 N–H and O–H groups in total. The molecule has 0 spiro atoms. The number of carbonyl (C=O) groups is 1. The highest BCUT2D eigenvalue weighted by Crippen LogP contribution is 2.33. The number of hydrogen-bond acceptors (Lipinski definition) is 6. The molecule has 1 amide bonds. The number of pyridine rings is 1. The smallest absolute Gasteiger partial charge is 0.250 e. The highest BCUT2D eigenvalue weighted by atomic mass is 16.5. The summed E-state index contributed by atoms with van der Waals surface area (Å²) in [7, 11) is 0. The van der Waals surface area contributed by atoms with Crippen LogP contribution in [0.15, 0.2) is 54.9 Å². The Bertz CT molecular complexity index is 1270. The van der Waals surface area contributed by atoms with E-state index in [-0.39, 0.29) is 5.92 Å². The first-order valence-corrected chi connectivity index (χ1v) is 10.1. The van der Waals surface area contributed by atoms with Crippen LogP contribution < -0.4 is 11.1 Å². The lowest BCUT2D eigenvalue weighted by Gasteiger charge is -2.25. The molecule has 0 saturated heterocycles. The van der Waals surface area contributed by atoms with Crippen molar-refractivity contribution in [1.29, 1.82) is 0 Å². The lowest BCUT2D eigenvalue weighted by Crippen LogP contribution is -2.20. The molecule has 1 aliphatic heterocycles. The molecule has 8 heteroatoms. The van der Waals surface area contributed by atoms with Crippen LogP contribution >= 0.6 is 0 Å². The van der Waals surface area contributed by atoms with Crippen LogP contribution in [0.2, 0.25) is 0 Å². The Morgan fingerprint density at radius 1 is 1.23 bits per heavy atom. The summed E-state index contributed by atoms with van der Waals surface area (Å²) in [6, 6.07) is 13.6. The predicted octanol–water partition coefficient (Wildman–Crippen LogP) is 3.14. The summed E-state index contributed by atoms with van der Waals surface area (Å²) in [5, 5.41) is 3.48. The van der Waals surface area contributed by atoms with E-state index in [1.165, 1.54) is 0 Å². The van der Waals surface area contributed by atoms with Crippen molar-refractivity contribution < 1.29 is 9.53 Å². The first-order chi connectivity index (χ1) is 15.1. The lowest BCUT2D eigenvalue weighted by atomic mass is 9.98. The molecule has 1 aliphatic rings. The van der Waals surface area contributed by atoms with Crippen molar-refractivity contribution in [3.8, 4) is 11.6 Å². The number of imidazole rings is 1. The van der Waals surface area contributed by atoms with Crippen molar-refractivity contribution in [2.75, 3.05) is 11.9 Å². The second kappa shape index (κ2) is 7.81. The standard InChI is InChI=1S/C23H22N6O2/c1-14-12-31-13-17-19(14)21(25-10-15-6-3-2-4-7-15)28-22(27-17)23-26-11-18-16(20(24)30)8-5-9-29(18)23/h2-9,11,14H,10,12-13H2,1H3,(H2,24,30)(H,25,27,28). The van der Waals surface area contributed by atoms with Crippen molar-refractivity contribution in [3.63, 3.8) is 0 Å². The Labute approximate surface area is 179 Å². The molecule has 4 aromatic rings. The van der Waals surface area contributed by atoms with E-state index < -0.39 is 5.91 Å². The molecular formula is C23H22N6O2. The zero-order valence-corrected chi connectivity index (χ0v) is 17.1. The molecule has 0 aliphatic carbocycles. The van der Waals surface area contributed by atoms with Gasteiger partial charge in [0.1, 0.15) is 5.82 Å². The summed E-state index contributed by atoms with van der Waals surface area (Å²) in [5.74, 6) is 1.46. The Balaban J connectivity index is 1.61. The van der Waals surface area contributed by atoms with E-state index in [1.54, 1.807) is 22.7 Å². The molecule has 1 atom stereocenters. The zero-order valence-electron chi connectivity index (χ0n) is 17.1. The van der Waals surface area contributed by atoms with E-state index in [9.17, 15) is 4.79 Å². The van der Waals surface area contributed by atoms with Crippen LogP contribution in [0.4, 0.5) is 5.82 Å².